The van der Waals surface area contributed by atoms with Gasteiger partial charge in [0.15, 0.2) is 0 Å². The van der Waals surface area contributed by atoms with Crippen LogP contribution in [-0.2, 0) is 0 Å². The average molecular weight is 395 g/mol. The van der Waals surface area contributed by atoms with E-state index in [1.807, 2.05) is 6.08 Å². The van der Waals surface area contributed by atoms with E-state index in [0.717, 1.165) is 18.9 Å². The first kappa shape index (κ1) is 20.8. The first-order chi connectivity index (χ1) is 14.2. The van der Waals surface area contributed by atoms with Gasteiger partial charge < -0.3 is 0 Å². The SMILES string of the molecule is C=CCC[Si](C)(/C(=C(\CC=C)c1ccccc1)c1ccccc1)c1ccccc1. The van der Waals surface area contributed by atoms with Crippen LogP contribution in [0, 0.1) is 0 Å². The molecule has 0 aliphatic carbocycles. The van der Waals surface area contributed by atoms with Gasteiger partial charge in [-0.15, -0.1) is 13.2 Å². The van der Waals surface area contributed by atoms with Crippen LogP contribution in [0.4, 0.5) is 0 Å². The lowest BCUT2D eigenvalue weighted by atomic mass is 9.99. The lowest BCUT2D eigenvalue weighted by Crippen LogP contribution is -2.46. The van der Waals surface area contributed by atoms with Crippen molar-refractivity contribution in [2.75, 3.05) is 0 Å². The summed E-state index contributed by atoms with van der Waals surface area (Å²) in [6.07, 6.45) is 5.98. The Balaban J connectivity index is 2.36. The molecule has 0 aromatic heterocycles. The first-order valence-electron chi connectivity index (χ1n) is 10.3. The van der Waals surface area contributed by atoms with Crippen molar-refractivity contribution in [2.24, 2.45) is 0 Å². The molecule has 0 spiro atoms. The molecule has 146 valence electrons. The Morgan fingerprint density at radius 3 is 1.76 bits per heavy atom. The van der Waals surface area contributed by atoms with Gasteiger partial charge in [-0.05, 0) is 40.8 Å². The maximum atomic E-state index is 4.08. The van der Waals surface area contributed by atoms with Crippen LogP contribution in [0.5, 0.6) is 0 Å². The Kier molecular flexibility index (Phi) is 7.21. The Morgan fingerprint density at radius 1 is 0.724 bits per heavy atom. The molecular weight excluding hydrogens is 364 g/mol. The summed E-state index contributed by atoms with van der Waals surface area (Å²) in [6.45, 7) is 10.6. The van der Waals surface area contributed by atoms with E-state index in [-0.39, 0.29) is 0 Å². The van der Waals surface area contributed by atoms with Crippen LogP contribution in [0.3, 0.4) is 0 Å². The summed E-state index contributed by atoms with van der Waals surface area (Å²) in [5, 5.41) is 2.98. The molecular formula is C28H30Si. The van der Waals surface area contributed by atoms with Crippen molar-refractivity contribution in [3.05, 3.63) is 127 Å². The lowest BCUT2D eigenvalue weighted by molar-refractivity contribution is 1.18. The van der Waals surface area contributed by atoms with Gasteiger partial charge in [0.2, 0.25) is 0 Å². The van der Waals surface area contributed by atoms with Crippen molar-refractivity contribution in [1.82, 2.24) is 0 Å². The minimum atomic E-state index is -2.04. The van der Waals surface area contributed by atoms with Gasteiger partial charge in [0.25, 0.3) is 0 Å². The molecule has 0 aliphatic heterocycles. The standard InChI is InChI=1S/C28H30Si/c1-4-6-23-29(3,26-21-14-9-15-22-26)28(25-19-12-8-13-20-25)27(16-5-2)24-17-10-7-11-18-24/h4-5,7-15,17-22H,1-2,6,16,23H2,3H3/b28-27+. The molecule has 0 bridgehead atoms. The summed E-state index contributed by atoms with van der Waals surface area (Å²) in [5.74, 6) is 0. The van der Waals surface area contributed by atoms with E-state index < -0.39 is 8.07 Å². The number of hydrogen-bond acceptors (Lipinski definition) is 0. The number of benzene rings is 3. The Labute approximate surface area is 177 Å². The summed E-state index contributed by atoms with van der Waals surface area (Å²) >= 11 is 0. The summed E-state index contributed by atoms with van der Waals surface area (Å²) in [6, 6.07) is 34.0. The van der Waals surface area contributed by atoms with Crippen LogP contribution < -0.4 is 5.19 Å². The highest BCUT2D eigenvalue weighted by Gasteiger charge is 2.36. The highest BCUT2D eigenvalue weighted by molar-refractivity contribution is 7.06. The van der Waals surface area contributed by atoms with Gasteiger partial charge in [-0.2, -0.15) is 0 Å². The predicted octanol–water partition coefficient (Wildman–Crippen LogP) is 7.27. The van der Waals surface area contributed by atoms with Gasteiger partial charge in [-0.25, -0.2) is 0 Å². The van der Waals surface area contributed by atoms with E-state index in [9.17, 15) is 0 Å². The van der Waals surface area contributed by atoms with Crippen LogP contribution in [0.15, 0.2) is 116 Å². The van der Waals surface area contributed by atoms with Crippen molar-refractivity contribution in [2.45, 2.75) is 25.4 Å². The van der Waals surface area contributed by atoms with E-state index in [2.05, 4.69) is 117 Å². The molecule has 0 amide bonds. The van der Waals surface area contributed by atoms with Crippen LogP contribution in [0.2, 0.25) is 12.6 Å². The van der Waals surface area contributed by atoms with Crippen molar-refractivity contribution in [1.29, 1.82) is 0 Å². The summed E-state index contributed by atoms with van der Waals surface area (Å²) in [4.78, 5) is 0. The van der Waals surface area contributed by atoms with E-state index in [1.165, 1.54) is 27.1 Å². The molecule has 0 radical (unpaired) electrons. The minimum absolute atomic E-state index is 0.859. The third kappa shape index (κ3) is 4.75. The Morgan fingerprint density at radius 2 is 1.24 bits per heavy atom. The fourth-order valence-corrected chi connectivity index (χ4v) is 8.44. The van der Waals surface area contributed by atoms with E-state index in [0.29, 0.717) is 0 Å². The number of allylic oxidation sites excluding steroid dienone is 3. The Hall–Kier alpha value is -2.90. The second-order valence-corrected chi connectivity index (χ2v) is 11.8. The summed E-state index contributed by atoms with van der Waals surface area (Å²) < 4.78 is 0. The second-order valence-electron chi connectivity index (χ2n) is 7.60. The highest BCUT2D eigenvalue weighted by atomic mass is 28.3. The quantitative estimate of drug-likeness (QED) is 0.203. The zero-order valence-electron chi connectivity index (χ0n) is 17.4. The van der Waals surface area contributed by atoms with Crippen LogP contribution in [0.25, 0.3) is 10.8 Å². The summed E-state index contributed by atoms with van der Waals surface area (Å²) in [5.41, 5.74) is 4.02. The normalized spacial score (nSPS) is 13.8. The average Bonchev–Trinajstić information content (AvgIpc) is 2.79. The highest BCUT2D eigenvalue weighted by Crippen LogP contribution is 2.38. The van der Waals surface area contributed by atoms with Gasteiger partial charge in [0.05, 0.1) is 0 Å². The fourth-order valence-electron chi connectivity index (χ4n) is 4.19. The van der Waals surface area contributed by atoms with Gasteiger partial charge in [-0.3, -0.25) is 0 Å². The third-order valence-corrected chi connectivity index (χ3v) is 10.2. The van der Waals surface area contributed by atoms with Gasteiger partial charge in [0, 0.05) is 0 Å². The molecule has 0 N–H and O–H groups in total. The van der Waals surface area contributed by atoms with E-state index in [4.69, 9.17) is 0 Å². The van der Waals surface area contributed by atoms with Crippen LogP contribution in [0.1, 0.15) is 24.0 Å². The lowest BCUT2D eigenvalue weighted by Gasteiger charge is -2.34. The minimum Gasteiger partial charge on any atom is -0.103 e. The third-order valence-electron chi connectivity index (χ3n) is 5.65. The maximum absolute atomic E-state index is 4.08. The molecule has 29 heavy (non-hydrogen) atoms. The molecule has 0 fully saturated rings. The van der Waals surface area contributed by atoms with Crippen LogP contribution in [-0.4, -0.2) is 8.07 Å². The van der Waals surface area contributed by atoms with Crippen molar-refractivity contribution >= 4 is 24.0 Å². The number of hydrogen-bond donors (Lipinski definition) is 0. The van der Waals surface area contributed by atoms with Crippen molar-refractivity contribution in [3.63, 3.8) is 0 Å². The zero-order chi connectivity index (χ0) is 20.5. The molecule has 1 heteroatoms. The zero-order valence-corrected chi connectivity index (χ0v) is 18.4. The molecule has 0 nitrogen and oxygen atoms in total. The Bertz CT molecular complexity index is 955. The molecule has 0 saturated carbocycles. The topological polar surface area (TPSA) is 0 Å². The molecule has 1 unspecified atom stereocenters. The van der Waals surface area contributed by atoms with Gasteiger partial charge in [-0.1, -0.05) is 115 Å². The largest absolute Gasteiger partial charge is 0.116 e. The molecule has 1 atom stereocenters. The number of rotatable bonds is 9. The summed E-state index contributed by atoms with van der Waals surface area (Å²) in [7, 11) is -2.04. The van der Waals surface area contributed by atoms with E-state index >= 15 is 0 Å². The first-order valence-corrected chi connectivity index (χ1v) is 13.0. The monoisotopic (exact) mass is 394 g/mol. The second kappa shape index (κ2) is 10.0. The predicted molar refractivity (Wildman–Crippen MR) is 132 cm³/mol. The fraction of sp³-hybridized carbons (Fsp3) is 0.143. The molecule has 3 aromatic rings. The van der Waals surface area contributed by atoms with Gasteiger partial charge in [0.1, 0.15) is 8.07 Å². The molecule has 0 saturated heterocycles. The molecule has 3 rings (SSSR count). The smallest absolute Gasteiger partial charge is 0.103 e. The van der Waals surface area contributed by atoms with Crippen LogP contribution >= 0.6 is 0 Å². The van der Waals surface area contributed by atoms with E-state index in [1.54, 1.807) is 0 Å². The maximum Gasteiger partial charge on any atom is 0.116 e. The molecule has 3 aromatic carbocycles. The molecule has 0 heterocycles. The molecule has 0 aliphatic rings. The van der Waals surface area contributed by atoms with Crippen molar-refractivity contribution in [3.8, 4) is 0 Å². The van der Waals surface area contributed by atoms with Gasteiger partial charge >= 0.3 is 0 Å². The van der Waals surface area contributed by atoms with Crippen molar-refractivity contribution < 1.29 is 0 Å².